The van der Waals surface area contributed by atoms with Crippen LogP contribution in [0.15, 0.2) is 12.1 Å². The van der Waals surface area contributed by atoms with Gasteiger partial charge in [-0.15, -0.1) is 10.2 Å². The van der Waals surface area contributed by atoms with E-state index in [-0.39, 0.29) is 18.1 Å². The Morgan fingerprint density at radius 3 is 2.74 bits per heavy atom. The quantitative estimate of drug-likeness (QED) is 0.729. The molecule has 2 N–H and O–H groups in total. The van der Waals surface area contributed by atoms with Crippen LogP contribution >= 0.6 is 0 Å². The van der Waals surface area contributed by atoms with Gasteiger partial charge in [0, 0.05) is 13.0 Å². The van der Waals surface area contributed by atoms with Gasteiger partial charge in [0.2, 0.25) is 0 Å². The lowest BCUT2D eigenvalue weighted by Crippen LogP contribution is -2.47. The minimum atomic E-state index is -1.19. The lowest BCUT2D eigenvalue weighted by Gasteiger charge is -2.23. The van der Waals surface area contributed by atoms with Crippen molar-refractivity contribution in [2.24, 2.45) is 0 Å². The third-order valence-electron chi connectivity index (χ3n) is 2.86. The summed E-state index contributed by atoms with van der Waals surface area (Å²) in [5.74, 6) is -1.35. The van der Waals surface area contributed by atoms with Crippen LogP contribution in [0.1, 0.15) is 16.9 Å². The molecule has 0 amide bonds. The number of carboxylic acids is 1. The second kappa shape index (κ2) is 5.19. The molecule has 1 unspecified atom stereocenters. The minimum absolute atomic E-state index is 0.0556. The third kappa shape index (κ3) is 2.63. The van der Waals surface area contributed by atoms with Crippen molar-refractivity contribution in [3.63, 3.8) is 0 Å². The summed E-state index contributed by atoms with van der Waals surface area (Å²) >= 11 is 0. The Hall–Kier alpha value is -2.22. The number of aromatic nitrogens is 2. The number of nitrogens with one attached hydrogen (secondary N) is 1. The van der Waals surface area contributed by atoms with Crippen LogP contribution in [-0.2, 0) is 14.3 Å². The van der Waals surface area contributed by atoms with Crippen molar-refractivity contribution in [1.29, 1.82) is 0 Å². The second-order valence-corrected chi connectivity index (χ2v) is 4.11. The first-order chi connectivity index (χ1) is 9.07. The smallest absolute Gasteiger partial charge is 0.358 e. The molecule has 1 aliphatic rings. The van der Waals surface area contributed by atoms with Crippen LogP contribution in [0.5, 0.6) is 0 Å². The SMILES string of the molecule is COC(=O)c1ccc(NC2(C(=O)O)CCOC2)nn1. The van der Waals surface area contributed by atoms with Gasteiger partial charge in [-0.05, 0) is 12.1 Å². The molecule has 19 heavy (non-hydrogen) atoms. The largest absolute Gasteiger partial charge is 0.479 e. The highest BCUT2D eigenvalue weighted by Gasteiger charge is 2.43. The molecule has 8 nitrogen and oxygen atoms in total. The number of hydrogen-bond donors (Lipinski definition) is 2. The van der Waals surface area contributed by atoms with Crippen LogP contribution in [0.2, 0.25) is 0 Å². The molecule has 1 saturated heterocycles. The molecule has 2 rings (SSSR count). The Morgan fingerprint density at radius 1 is 1.47 bits per heavy atom. The number of carbonyl (C=O) groups is 2. The molecule has 1 fully saturated rings. The average Bonchev–Trinajstić information content (AvgIpc) is 2.88. The first kappa shape index (κ1) is 13.2. The van der Waals surface area contributed by atoms with E-state index >= 15 is 0 Å². The van der Waals surface area contributed by atoms with Crippen molar-refractivity contribution < 1.29 is 24.2 Å². The number of anilines is 1. The van der Waals surface area contributed by atoms with Gasteiger partial charge in [0.15, 0.2) is 11.2 Å². The van der Waals surface area contributed by atoms with Crippen molar-refractivity contribution in [3.8, 4) is 0 Å². The minimum Gasteiger partial charge on any atom is -0.479 e. The van der Waals surface area contributed by atoms with Gasteiger partial charge >= 0.3 is 11.9 Å². The predicted molar refractivity (Wildman–Crippen MR) is 62.8 cm³/mol. The Labute approximate surface area is 108 Å². The van der Waals surface area contributed by atoms with E-state index in [1.807, 2.05) is 0 Å². The third-order valence-corrected chi connectivity index (χ3v) is 2.86. The fourth-order valence-electron chi connectivity index (χ4n) is 1.74. The maximum Gasteiger partial charge on any atom is 0.358 e. The fourth-order valence-corrected chi connectivity index (χ4v) is 1.74. The Balaban J connectivity index is 2.14. The molecular weight excluding hydrogens is 254 g/mol. The van der Waals surface area contributed by atoms with Gasteiger partial charge in [-0.25, -0.2) is 9.59 Å². The lowest BCUT2D eigenvalue weighted by molar-refractivity contribution is -0.142. The van der Waals surface area contributed by atoms with Crippen molar-refractivity contribution in [1.82, 2.24) is 10.2 Å². The van der Waals surface area contributed by atoms with Crippen LogP contribution in [0.25, 0.3) is 0 Å². The summed E-state index contributed by atoms with van der Waals surface area (Å²) in [7, 11) is 1.24. The van der Waals surface area contributed by atoms with Crippen LogP contribution in [0.4, 0.5) is 5.82 Å². The maximum absolute atomic E-state index is 11.3. The first-order valence-electron chi connectivity index (χ1n) is 5.59. The summed E-state index contributed by atoms with van der Waals surface area (Å²) < 4.78 is 9.60. The highest BCUT2D eigenvalue weighted by molar-refractivity contribution is 5.87. The normalized spacial score (nSPS) is 21.9. The lowest BCUT2D eigenvalue weighted by atomic mass is 9.99. The van der Waals surface area contributed by atoms with E-state index in [0.717, 1.165) is 0 Å². The number of ether oxygens (including phenoxy) is 2. The van der Waals surface area contributed by atoms with Crippen molar-refractivity contribution in [2.45, 2.75) is 12.0 Å². The van der Waals surface area contributed by atoms with E-state index in [1.165, 1.54) is 19.2 Å². The van der Waals surface area contributed by atoms with Crippen molar-refractivity contribution >= 4 is 17.8 Å². The molecule has 8 heteroatoms. The molecule has 1 aliphatic heterocycles. The molecule has 102 valence electrons. The molecule has 2 heterocycles. The molecule has 0 bridgehead atoms. The maximum atomic E-state index is 11.3. The van der Waals surface area contributed by atoms with E-state index in [2.05, 4.69) is 20.3 Å². The van der Waals surface area contributed by atoms with Crippen LogP contribution < -0.4 is 5.32 Å². The fraction of sp³-hybridized carbons (Fsp3) is 0.455. The van der Waals surface area contributed by atoms with Gasteiger partial charge < -0.3 is 19.9 Å². The predicted octanol–water partition coefficient (Wildman–Crippen LogP) is -0.0812. The number of aliphatic carboxylic acids is 1. The number of methoxy groups -OCH3 is 1. The number of rotatable bonds is 4. The van der Waals surface area contributed by atoms with Gasteiger partial charge in [0.25, 0.3) is 0 Å². The summed E-state index contributed by atoms with van der Waals surface area (Å²) in [6, 6.07) is 2.88. The molecule has 0 radical (unpaired) electrons. The van der Waals surface area contributed by atoms with E-state index in [9.17, 15) is 14.7 Å². The second-order valence-electron chi connectivity index (χ2n) is 4.11. The van der Waals surface area contributed by atoms with Crippen LogP contribution in [-0.4, -0.2) is 53.1 Å². The molecule has 1 aromatic heterocycles. The Morgan fingerprint density at radius 2 is 2.26 bits per heavy atom. The number of carbonyl (C=O) groups excluding carboxylic acids is 1. The van der Waals surface area contributed by atoms with E-state index in [0.29, 0.717) is 13.0 Å². The van der Waals surface area contributed by atoms with E-state index < -0.39 is 17.5 Å². The molecule has 1 atom stereocenters. The Bertz CT molecular complexity index is 482. The van der Waals surface area contributed by atoms with Gasteiger partial charge in [0.05, 0.1) is 13.7 Å². The molecular formula is C11H13N3O5. The monoisotopic (exact) mass is 267 g/mol. The van der Waals surface area contributed by atoms with Gasteiger partial charge in [-0.2, -0.15) is 0 Å². The van der Waals surface area contributed by atoms with Crippen molar-refractivity contribution in [2.75, 3.05) is 25.6 Å². The zero-order valence-electron chi connectivity index (χ0n) is 10.3. The molecule has 0 spiro atoms. The topological polar surface area (TPSA) is 111 Å². The van der Waals surface area contributed by atoms with Crippen molar-refractivity contribution in [3.05, 3.63) is 17.8 Å². The molecule has 0 saturated carbocycles. The van der Waals surface area contributed by atoms with Gasteiger partial charge in [0.1, 0.15) is 5.82 Å². The Kier molecular flexibility index (Phi) is 3.61. The summed E-state index contributed by atoms with van der Waals surface area (Å²) in [6.45, 7) is 0.426. The number of nitrogens with zero attached hydrogens (tertiary/aromatic N) is 2. The first-order valence-corrected chi connectivity index (χ1v) is 5.59. The van der Waals surface area contributed by atoms with Gasteiger partial charge in [-0.1, -0.05) is 0 Å². The summed E-state index contributed by atoms with van der Waals surface area (Å²) in [5, 5.41) is 19.4. The van der Waals surface area contributed by atoms with Crippen LogP contribution in [0.3, 0.4) is 0 Å². The number of carboxylic acid groups (broad SMARTS) is 1. The number of esters is 1. The summed E-state index contributed by atoms with van der Waals surface area (Å²) in [5.41, 5.74) is -1.14. The number of hydrogen-bond acceptors (Lipinski definition) is 7. The highest BCUT2D eigenvalue weighted by Crippen LogP contribution is 2.23. The van der Waals surface area contributed by atoms with Crippen LogP contribution in [0, 0.1) is 0 Å². The average molecular weight is 267 g/mol. The zero-order valence-corrected chi connectivity index (χ0v) is 10.3. The van der Waals surface area contributed by atoms with E-state index in [1.54, 1.807) is 0 Å². The summed E-state index contributed by atoms with van der Waals surface area (Å²) in [6.07, 6.45) is 0.336. The van der Waals surface area contributed by atoms with E-state index in [4.69, 9.17) is 4.74 Å². The zero-order chi connectivity index (χ0) is 13.9. The standard InChI is InChI=1S/C11H13N3O5/c1-18-9(15)7-2-3-8(14-13-7)12-11(10(16)17)4-5-19-6-11/h2-3H,4-6H2,1H3,(H,12,14)(H,16,17). The highest BCUT2D eigenvalue weighted by atomic mass is 16.5. The molecule has 0 aliphatic carbocycles. The van der Waals surface area contributed by atoms with Gasteiger partial charge in [-0.3, -0.25) is 0 Å². The molecule has 0 aromatic carbocycles. The summed E-state index contributed by atoms with van der Waals surface area (Å²) in [4.78, 5) is 22.5. The molecule has 1 aromatic rings.